The Labute approximate surface area is 111 Å². The predicted octanol–water partition coefficient (Wildman–Crippen LogP) is 0.943. The molecule has 0 saturated carbocycles. The van der Waals surface area contributed by atoms with Crippen molar-refractivity contribution in [2.75, 3.05) is 13.2 Å². The van der Waals surface area contributed by atoms with Gasteiger partial charge in [0, 0.05) is 24.9 Å². The van der Waals surface area contributed by atoms with E-state index >= 15 is 0 Å². The number of aliphatic hydroxyl groups excluding tert-OH is 2. The highest BCUT2D eigenvalue weighted by atomic mass is 16.5. The first kappa shape index (κ1) is 15.2. The molecule has 1 aromatic rings. The van der Waals surface area contributed by atoms with Crippen molar-refractivity contribution in [3.63, 3.8) is 0 Å². The number of hydrogen-bond acceptors (Lipinski definition) is 5. The monoisotopic (exact) mass is 266 g/mol. The molecule has 0 aliphatic carbocycles. The Morgan fingerprint density at radius 3 is 2.32 bits per heavy atom. The lowest BCUT2D eigenvalue weighted by Gasteiger charge is -2.13. The van der Waals surface area contributed by atoms with Crippen LogP contribution in [0.25, 0.3) is 0 Å². The Kier molecular flexibility index (Phi) is 5.54. The second-order valence-corrected chi connectivity index (χ2v) is 4.21. The fraction of sp³-hybridized carbons (Fsp3) is 0.357. The van der Waals surface area contributed by atoms with Crippen LogP contribution in [0.5, 0.6) is 11.5 Å². The van der Waals surface area contributed by atoms with E-state index in [2.05, 4.69) is 6.58 Å². The Hall–Kier alpha value is -1.85. The van der Waals surface area contributed by atoms with Crippen LogP contribution in [-0.2, 0) is 17.6 Å². The molecule has 0 radical (unpaired) electrons. The minimum absolute atomic E-state index is 0.0553. The largest absolute Gasteiger partial charge is 0.508 e. The maximum atomic E-state index is 11.5. The Balaban J connectivity index is 3.11. The van der Waals surface area contributed by atoms with Gasteiger partial charge in [-0.05, 0) is 37.0 Å². The van der Waals surface area contributed by atoms with Gasteiger partial charge in [0.25, 0.3) is 0 Å². The van der Waals surface area contributed by atoms with Crippen molar-refractivity contribution in [1.82, 2.24) is 0 Å². The first-order valence-electron chi connectivity index (χ1n) is 5.93. The van der Waals surface area contributed by atoms with Crippen molar-refractivity contribution < 1.29 is 24.9 Å². The lowest BCUT2D eigenvalue weighted by molar-refractivity contribution is -0.130. The number of benzene rings is 1. The quantitative estimate of drug-likeness (QED) is 0.405. The van der Waals surface area contributed by atoms with Crippen molar-refractivity contribution in [3.8, 4) is 11.5 Å². The summed E-state index contributed by atoms with van der Waals surface area (Å²) in [6.45, 7) is 4.79. The summed E-state index contributed by atoms with van der Waals surface area (Å²) in [7, 11) is 0. The first-order valence-corrected chi connectivity index (χ1v) is 5.93. The summed E-state index contributed by atoms with van der Waals surface area (Å²) in [4.78, 5) is 11.5. The average Bonchev–Trinajstić information content (AvgIpc) is 2.35. The van der Waals surface area contributed by atoms with E-state index in [-0.39, 0.29) is 36.7 Å². The van der Waals surface area contributed by atoms with Crippen molar-refractivity contribution in [3.05, 3.63) is 35.4 Å². The highest BCUT2D eigenvalue weighted by Gasteiger charge is 2.14. The van der Waals surface area contributed by atoms with Crippen molar-refractivity contribution >= 4 is 5.97 Å². The molecule has 0 aliphatic heterocycles. The zero-order valence-corrected chi connectivity index (χ0v) is 10.8. The minimum Gasteiger partial charge on any atom is -0.508 e. The van der Waals surface area contributed by atoms with Crippen molar-refractivity contribution in [2.45, 2.75) is 19.8 Å². The number of phenols is 1. The molecule has 0 unspecified atom stereocenters. The topological polar surface area (TPSA) is 87.0 Å². The number of carbonyl (C=O) groups is 1. The summed E-state index contributed by atoms with van der Waals surface area (Å²) in [6.07, 6.45) is 0.580. The van der Waals surface area contributed by atoms with Crippen molar-refractivity contribution in [1.29, 1.82) is 0 Å². The van der Waals surface area contributed by atoms with Gasteiger partial charge in [-0.15, -0.1) is 0 Å². The fourth-order valence-electron chi connectivity index (χ4n) is 1.58. The Morgan fingerprint density at radius 2 is 1.79 bits per heavy atom. The third-order valence-electron chi connectivity index (χ3n) is 2.58. The average molecular weight is 266 g/mol. The standard InChI is InChI=1S/C14H18O5/c1-9(2)14(18)19-13-8-12(17)10(3-5-15)7-11(13)4-6-16/h7-8,15-17H,1,3-6H2,2H3. The van der Waals surface area contributed by atoms with Gasteiger partial charge in [0.05, 0.1) is 0 Å². The van der Waals surface area contributed by atoms with Gasteiger partial charge in [0.1, 0.15) is 11.5 Å². The van der Waals surface area contributed by atoms with Crippen molar-refractivity contribution in [2.24, 2.45) is 0 Å². The molecule has 0 aromatic heterocycles. The zero-order chi connectivity index (χ0) is 14.4. The number of hydrogen-bond donors (Lipinski definition) is 3. The van der Waals surface area contributed by atoms with E-state index in [9.17, 15) is 9.90 Å². The van der Waals surface area contributed by atoms with Crippen LogP contribution >= 0.6 is 0 Å². The lowest BCUT2D eigenvalue weighted by Crippen LogP contribution is -2.10. The van der Waals surface area contributed by atoms with E-state index in [1.807, 2.05) is 0 Å². The van der Waals surface area contributed by atoms with Gasteiger partial charge in [-0.25, -0.2) is 4.79 Å². The lowest BCUT2D eigenvalue weighted by atomic mass is 10.0. The molecule has 0 spiro atoms. The van der Waals surface area contributed by atoms with Crippen LogP contribution in [-0.4, -0.2) is 34.5 Å². The van der Waals surface area contributed by atoms with E-state index in [0.29, 0.717) is 17.5 Å². The van der Waals surface area contributed by atoms with Gasteiger partial charge < -0.3 is 20.1 Å². The smallest absolute Gasteiger partial charge is 0.338 e. The molecule has 1 rings (SSSR count). The molecule has 0 amide bonds. The maximum absolute atomic E-state index is 11.5. The van der Waals surface area contributed by atoms with Gasteiger partial charge in [-0.1, -0.05) is 6.58 Å². The summed E-state index contributed by atoms with van der Waals surface area (Å²) in [5.74, 6) is -0.449. The van der Waals surface area contributed by atoms with Crippen LogP contribution in [0, 0.1) is 0 Å². The summed E-state index contributed by atoms with van der Waals surface area (Å²) in [5, 5.41) is 27.7. The molecule has 1 aromatic carbocycles. The SMILES string of the molecule is C=C(C)C(=O)Oc1cc(O)c(CCO)cc1CCO. The van der Waals surface area contributed by atoms with Crippen LogP contribution in [0.4, 0.5) is 0 Å². The highest BCUT2D eigenvalue weighted by molar-refractivity contribution is 5.89. The highest BCUT2D eigenvalue weighted by Crippen LogP contribution is 2.29. The molecule has 5 heteroatoms. The summed E-state index contributed by atoms with van der Waals surface area (Å²) in [6, 6.07) is 2.93. The van der Waals surface area contributed by atoms with Crippen LogP contribution in [0.1, 0.15) is 18.1 Å². The molecular formula is C14H18O5. The third kappa shape index (κ3) is 4.08. The molecular weight excluding hydrogens is 248 g/mol. The van der Waals surface area contributed by atoms with Gasteiger partial charge in [0.2, 0.25) is 0 Å². The minimum atomic E-state index is -0.589. The van der Waals surface area contributed by atoms with Crippen LogP contribution in [0.2, 0.25) is 0 Å². The Bertz CT molecular complexity index is 479. The fourth-order valence-corrected chi connectivity index (χ4v) is 1.58. The second-order valence-electron chi connectivity index (χ2n) is 4.21. The molecule has 0 aliphatic rings. The molecule has 3 N–H and O–H groups in total. The molecule has 0 saturated heterocycles. The number of esters is 1. The van der Waals surface area contributed by atoms with E-state index in [1.54, 1.807) is 6.07 Å². The number of phenolic OH excluding ortho intramolecular Hbond substituents is 1. The zero-order valence-electron chi connectivity index (χ0n) is 10.8. The summed E-state index contributed by atoms with van der Waals surface area (Å²) < 4.78 is 5.10. The van der Waals surface area contributed by atoms with E-state index in [1.165, 1.54) is 13.0 Å². The Morgan fingerprint density at radius 1 is 1.21 bits per heavy atom. The normalized spacial score (nSPS) is 10.3. The van der Waals surface area contributed by atoms with E-state index in [0.717, 1.165) is 0 Å². The molecule has 104 valence electrons. The number of ether oxygens (including phenoxy) is 1. The first-order chi connectivity index (χ1) is 8.99. The predicted molar refractivity (Wildman–Crippen MR) is 70.1 cm³/mol. The summed E-state index contributed by atoms with van der Waals surface area (Å²) in [5.41, 5.74) is 1.38. The number of aliphatic hydroxyl groups is 2. The number of carbonyl (C=O) groups excluding carboxylic acids is 1. The molecule has 0 atom stereocenters. The second kappa shape index (κ2) is 6.92. The van der Waals surface area contributed by atoms with Gasteiger partial charge in [0.15, 0.2) is 0 Å². The summed E-state index contributed by atoms with van der Waals surface area (Å²) >= 11 is 0. The van der Waals surface area contributed by atoms with Gasteiger partial charge >= 0.3 is 5.97 Å². The van der Waals surface area contributed by atoms with Crippen LogP contribution in [0.3, 0.4) is 0 Å². The molecule has 19 heavy (non-hydrogen) atoms. The van der Waals surface area contributed by atoms with Gasteiger partial charge in [-0.3, -0.25) is 0 Å². The third-order valence-corrected chi connectivity index (χ3v) is 2.58. The van der Waals surface area contributed by atoms with Gasteiger partial charge in [-0.2, -0.15) is 0 Å². The van der Waals surface area contributed by atoms with Crippen LogP contribution < -0.4 is 4.74 Å². The number of aromatic hydroxyl groups is 1. The van der Waals surface area contributed by atoms with E-state index < -0.39 is 5.97 Å². The molecule has 0 heterocycles. The number of rotatable bonds is 6. The molecule has 5 nitrogen and oxygen atoms in total. The van der Waals surface area contributed by atoms with Crippen LogP contribution in [0.15, 0.2) is 24.3 Å². The maximum Gasteiger partial charge on any atom is 0.338 e. The molecule has 0 fully saturated rings. The molecule has 0 bridgehead atoms. The van der Waals surface area contributed by atoms with E-state index in [4.69, 9.17) is 14.9 Å².